The number of hydrogen-bond acceptors (Lipinski definition) is 4. The maximum absolute atomic E-state index is 11.6. The van der Waals surface area contributed by atoms with Crippen molar-refractivity contribution in [1.29, 1.82) is 0 Å². The maximum atomic E-state index is 11.6. The summed E-state index contributed by atoms with van der Waals surface area (Å²) in [4.78, 5) is 22.4. The van der Waals surface area contributed by atoms with Gasteiger partial charge in [-0.05, 0) is 19.8 Å². The van der Waals surface area contributed by atoms with Crippen molar-refractivity contribution in [3.05, 3.63) is 0 Å². The normalized spacial score (nSPS) is 17.4. The summed E-state index contributed by atoms with van der Waals surface area (Å²) in [6, 6.07) is -0.0000203. The quantitative estimate of drug-likeness (QED) is 0.593. The summed E-state index contributed by atoms with van der Waals surface area (Å²) in [5, 5.41) is 15.1. The van der Waals surface area contributed by atoms with Crippen LogP contribution in [0.3, 0.4) is 0 Å². The zero-order valence-electron chi connectivity index (χ0n) is 9.32. The molecule has 90 valence electrons. The molecule has 6 heteroatoms. The van der Waals surface area contributed by atoms with Crippen LogP contribution in [0.25, 0.3) is 0 Å². The Morgan fingerprint density at radius 1 is 1.62 bits per heavy atom. The van der Waals surface area contributed by atoms with Crippen LogP contribution in [0.2, 0.25) is 0 Å². The van der Waals surface area contributed by atoms with Crippen molar-refractivity contribution in [3.8, 4) is 0 Å². The number of carbonyl (C=O) groups excluding carboxylic acids is 2. The first-order chi connectivity index (χ1) is 7.63. The minimum Gasteiger partial charge on any atom is -0.396 e. The second-order valence-corrected chi connectivity index (χ2v) is 3.83. The summed E-state index contributed by atoms with van der Waals surface area (Å²) in [5.74, 6) is -0.407. The first kappa shape index (κ1) is 12.6. The Morgan fingerprint density at radius 3 is 2.94 bits per heavy atom. The van der Waals surface area contributed by atoms with Gasteiger partial charge in [0.15, 0.2) is 0 Å². The monoisotopic (exact) mass is 227 g/mol. The van der Waals surface area contributed by atoms with E-state index in [1.54, 1.807) is 0 Å². The van der Waals surface area contributed by atoms with Crippen LogP contribution in [-0.2, 0) is 9.59 Å². The van der Waals surface area contributed by atoms with Crippen molar-refractivity contribution in [2.75, 3.05) is 6.61 Å². The molecular weight excluding hydrogens is 210 g/mol. The summed E-state index contributed by atoms with van der Waals surface area (Å²) in [6.45, 7) is 1.99. The summed E-state index contributed by atoms with van der Waals surface area (Å²) in [6.07, 6.45) is 2.06. The van der Waals surface area contributed by atoms with E-state index in [0.717, 1.165) is 6.42 Å². The lowest BCUT2D eigenvalue weighted by Crippen LogP contribution is -2.40. The Bertz CT molecular complexity index is 302. The predicted octanol–water partition coefficient (Wildman–Crippen LogP) is -0.470. The highest BCUT2D eigenvalue weighted by Gasteiger charge is 2.19. The third kappa shape index (κ3) is 3.98. The number of aliphatic hydroxyl groups excluding tert-OH is 1. The highest BCUT2D eigenvalue weighted by Crippen LogP contribution is 2.01. The Kier molecular flexibility index (Phi) is 4.91. The fourth-order valence-corrected chi connectivity index (χ4v) is 1.41. The van der Waals surface area contributed by atoms with Crippen LogP contribution in [0.15, 0.2) is 5.10 Å². The van der Waals surface area contributed by atoms with Gasteiger partial charge in [-0.2, -0.15) is 5.10 Å². The van der Waals surface area contributed by atoms with Gasteiger partial charge in [0.05, 0.1) is 0 Å². The van der Waals surface area contributed by atoms with Gasteiger partial charge in [-0.25, -0.2) is 5.43 Å². The number of nitrogens with one attached hydrogen (secondary N) is 2. The molecule has 1 aliphatic rings. The van der Waals surface area contributed by atoms with Gasteiger partial charge in [-0.3, -0.25) is 9.59 Å². The number of nitrogens with zero attached hydrogens (tertiary/aromatic N) is 1. The first-order valence-electron chi connectivity index (χ1n) is 5.40. The average molecular weight is 227 g/mol. The molecule has 0 aliphatic carbocycles. The molecule has 0 spiro atoms. The lowest BCUT2D eigenvalue weighted by molar-refractivity contribution is -0.121. The standard InChI is InChI=1S/C10H17N3O3/c1-7(3-2-6-14)11-10(16)8-4-5-9(15)13-12-8/h7,14H,2-6H2,1H3,(H,11,16)(H,13,15). The molecule has 0 aromatic rings. The zero-order valence-corrected chi connectivity index (χ0v) is 9.32. The molecule has 1 atom stereocenters. The Labute approximate surface area is 94.1 Å². The summed E-state index contributed by atoms with van der Waals surface area (Å²) in [7, 11) is 0. The minimum atomic E-state index is -0.245. The van der Waals surface area contributed by atoms with Crippen LogP contribution in [0, 0.1) is 0 Å². The van der Waals surface area contributed by atoms with Crippen molar-refractivity contribution in [2.24, 2.45) is 5.10 Å². The molecule has 1 rings (SSSR count). The van der Waals surface area contributed by atoms with Crippen molar-refractivity contribution in [2.45, 2.75) is 38.6 Å². The second kappa shape index (κ2) is 6.22. The van der Waals surface area contributed by atoms with Crippen molar-refractivity contribution >= 4 is 17.5 Å². The van der Waals surface area contributed by atoms with Crippen LogP contribution in [-0.4, -0.2) is 35.3 Å². The molecule has 1 aliphatic heterocycles. The molecule has 0 fully saturated rings. The van der Waals surface area contributed by atoms with Crippen molar-refractivity contribution in [3.63, 3.8) is 0 Å². The highest BCUT2D eigenvalue weighted by atomic mass is 16.3. The van der Waals surface area contributed by atoms with Crippen LogP contribution >= 0.6 is 0 Å². The molecule has 16 heavy (non-hydrogen) atoms. The third-order valence-corrected chi connectivity index (χ3v) is 2.34. The van der Waals surface area contributed by atoms with Crippen molar-refractivity contribution in [1.82, 2.24) is 10.7 Å². The van der Waals surface area contributed by atoms with E-state index >= 15 is 0 Å². The van der Waals surface area contributed by atoms with E-state index in [0.29, 0.717) is 25.0 Å². The van der Waals surface area contributed by atoms with Crippen LogP contribution in [0.4, 0.5) is 0 Å². The second-order valence-electron chi connectivity index (χ2n) is 3.83. The van der Waals surface area contributed by atoms with Crippen LogP contribution in [0.1, 0.15) is 32.6 Å². The Morgan fingerprint density at radius 2 is 2.38 bits per heavy atom. The predicted molar refractivity (Wildman–Crippen MR) is 58.7 cm³/mol. The smallest absolute Gasteiger partial charge is 0.267 e. The van der Waals surface area contributed by atoms with E-state index in [1.165, 1.54) is 0 Å². The number of aliphatic hydroxyl groups is 1. The largest absolute Gasteiger partial charge is 0.396 e. The molecule has 0 saturated heterocycles. The minimum absolute atomic E-state index is 0.0000203. The van der Waals surface area contributed by atoms with Gasteiger partial charge in [0.25, 0.3) is 5.91 Å². The molecule has 0 bridgehead atoms. The number of carbonyl (C=O) groups is 2. The molecule has 6 nitrogen and oxygen atoms in total. The van der Waals surface area contributed by atoms with E-state index in [4.69, 9.17) is 5.11 Å². The summed E-state index contributed by atoms with van der Waals surface area (Å²) in [5.41, 5.74) is 2.63. The SMILES string of the molecule is CC(CCCO)NC(=O)C1=NNC(=O)CC1. The maximum Gasteiger partial charge on any atom is 0.267 e. The zero-order chi connectivity index (χ0) is 12.0. The first-order valence-corrected chi connectivity index (χ1v) is 5.40. The number of hydrogen-bond donors (Lipinski definition) is 3. The van der Waals surface area contributed by atoms with Gasteiger partial charge >= 0.3 is 0 Å². The molecule has 0 radical (unpaired) electrons. The average Bonchev–Trinajstić information content (AvgIpc) is 2.27. The Balaban J connectivity index is 2.37. The topological polar surface area (TPSA) is 90.8 Å². The van der Waals surface area contributed by atoms with Crippen LogP contribution in [0.5, 0.6) is 0 Å². The molecule has 3 N–H and O–H groups in total. The Hall–Kier alpha value is -1.43. The van der Waals surface area contributed by atoms with E-state index < -0.39 is 0 Å². The molecular formula is C10H17N3O3. The van der Waals surface area contributed by atoms with Gasteiger partial charge in [0, 0.05) is 25.5 Å². The van der Waals surface area contributed by atoms with E-state index in [1.807, 2.05) is 6.92 Å². The molecule has 1 heterocycles. The molecule has 2 amide bonds. The fraction of sp³-hybridized carbons (Fsp3) is 0.700. The third-order valence-electron chi connectivity index (χ3n) is 2.34. The fourth-order valence-electron chi connectivity index (χ4n) is 1.41. The van der Waals surface area contributed by atoms with E-state index in [9.17, 15) is 9.59 Å². The molecule has 1 unspecified atom stereocenters. The van der Waals surface area contributed by atoms with Gasteiger partial charge in [0.2, 0.25) is 5.91 Å². The lowest BCUT2D eigenvalue weighted by atomic mass is 10.1. The highest BCUT2D eigenvalue weighted by molar-refractivity contribution is 6.39. The molecule has 0 saturated carbocycles. The molecule has 0 aromatic heterocycles. The van der Waals surface area contributed by atoms with Crippen molar-refractivity contribution < 1.29 is 14.7 Å². The van der Waals surface area contributed by atoms with E-state index in [2.05, 4.69) is 15.8 Å². The summed E-state index contributed by atoms with van der Waals surface area (Å²) >= 11 is 0. The van der Waals surface area contributed by atoms with Gasteiger partial charge < -0.3 is 10.4 Å². The lowest BCUT2D eigenvalue weighted by Gasteiger charge is -2.16. The van der Waals surface area contributed by atoms with E-state index in [-0.39, 0.29) is 24.5 Å². The number of hydrazone groups is 1. The van der Waals surface area contributed by atoms with Gasteiger partial charge in [-0.1, -0.05) is 0 Å². The summed E-state index contributed by atoms with van der Waals surface area (Å²) < 4.78 is 0. The van der Waals surface area contributed by atoms with Gasteiger partial charge in [0.1, 0.15) is 5.71 Å². The number of amides is 2. The van der Waals surface area contributed by atoms with Gasteiger partial charge in [-0.15, -0.1) is 0 Å². The van der Waals surface area contributed by atoms with Crippen LogP contribution < -0.4 is 10.7 Å². The number of rotatable bonds is 5. The molecule has 0 aromatic carbocycles.